The third-order valence-electron chi connectivity index (χ3n) is 17.2. The molecule has 0 aliphatic carbocycles. The van der Waals surface area contributed by atoms with E-state index in [0.717, 1.165) is 69.7 Å². The van der Waals surface area contributed by atoms with Gasteiger partial charge in [0.1, 0.15) is 0 Å². The highest BCUT2D eigenvalue weighted by Gasteiger charge is 2.35. The van der Waals surface area contributed by atoms with E-state index in [1.54, 1.807) is 21.1 Å². The van der Waals surface area contributed by atoms with Crippen LogP contribution in [-0.2, 0) is 41.9 Å². The van der Waals surface area contributed by atoms with Crippen LogP contribution in [0.1, 0.15) is 96.9 Å². The molecule has 0 fully saturated rings. The molecule has 0 saturated carbocycles. The van der Waals surface area contributed by atoms with E-state index in [2.05, 4.69) is 91.0 Å². The lowest BCUT2D eigenvalue weighted by molar-refractivity contribution is -0.151. The highest BCUT2D eigenvalue weighted by Crippen LogP contribution is 2.39. The number of nitrogens with zero attached hydrogens (tertiary/aromatic N) is 2. The van der Waals surface area contributed by atoms with E-state index in [9.17, 15) is 49.2 Å². The number of carbonyl (C=O) groups excluding carboxylic acids is 2. The van der Waals surface area contributed by atoms with E-state index in [-0.39, 0.29) is 37.8 Å². The minimum Gasteiger partial charge on any atom is -0.481 e. The van der Waals surface area contributed by atoms with Crippen LogP contribution in [0.3, 0.4) is 0 Å². The molecule has 93 heavy (non-hydrogen) atoms. The molecule has 0 radical (unpaired) electrons. The molecule has 6 atom stereocenters. The van der Waals surface area contributed by atoms with Crippen molar-refractivity contribution in [2.75, 3.05) is 6.79 Å². The number of aliphatic carboxylic acids is 4. The molecule has 14 nitrogen and oxygen atoms in total. The Morgan fingerprint density at radius 1 is 0.473 bits per heavy atom. The number of benzene rings is 9. The Balaban J connectivity index is 0.000000204. The maximum atomic E-state index is 14.1. The van der Waals surface area contributed by atoms with Crippen molar-refractivity contribution in [3.63, 3.8) is 0 Å². The monoisotopic (exact) mass is 1280 g/mol. The first kappa shape index (κ1) is 65.8. The average molecular weight is 1280 g/mol. The average Bonchev–Trinajstić information content (AvgIpc) is 2.09. The van der Waals surface area contributed by atoms with Crippen LogP contribution in [0.4, 0.5) is 0 Å². The summed E-state index contributed by atoms with van der Waals surface area (Å²) >= 11 is 7.82. The van der Waals surface area contributed by atoms with Crippen LogP contribution in [0, 0.1) is 11.8 Å². The van der Waals surface area contributed by atoms with Crippen molar-refractivity contribution in [3.8, 4) is 11.5 Å². The fourth-order valence-corrected chi connectivity index (χ4v) is 13.3. The summed E-state index contributed by atoms with van der Waals surface area (Å²) in [5.41, 5.74) is 4.92. The zero-order valence-electron chi connectivity index (χ0n) is 51.4. The number of amides is 2. The quantitative estimate of drug-likeness (QED) is 0.0399. The van der Waals surface area contributed by atoms with Crippen LogP contribution in [0.5, 0.6) is 11.5 Å². The van der Waals surface area contributed by atoms with E-state index in [4.69, 9.17) is 21.1 Å². The SMILES string of the molecule is CC(C(C/C=C/c1ccc2ccccc2c1)c1ccc(Cl)cc1)N(Cc1cc2ccccc2s1)C(=O)CC(CC(=O)O)C(=O)O.CC(C(C/C=C/c1ccc2ccccc2c1)c1ccc2c(c1)OCO2)N(Cc1ccc2ccccc2c1)C(=O)CC(CC(=O)O)C(=O)O. The minimum absolute atomic E-state index is 0.133. The molecule has 0 bridgehead atoms. The fraction of sp³-hybridized carbons (Fsp3) is 0.221. The van der Waals surface area contributed by atoms with Gasteiger partial charge in [-0.2, -0.15) is 0 Å². The molecule has 4 N–H and O–H groups in total. The first-order valence-corrected chi connectivity index (χ1v) is 32.0. The molecule has 1 aliphatic heterocycles. The Labute approximate surface area is 548 Å². The first-order valence-electron chi connectivity index (χ1n) is 30.8. The normalized spacial score (nSPS) is 13.9. The van der Waals surface area contributed by atoms with Gasteiger partial charge in [0.05, 0.1) is 31.2 Å². The van der Waals surface area contributed by atoms with E-state index in [1.807, 2.05) is 147 Å². The minimum atomic E-state index is -1.35. The third-order valence-corrected chi connectivity index (χ3v) is 18.6. The van der Waals surface area contributed by atoms with Crippen molar-refractivity contribution in [1.82, 2.24) is 9.80 Å². The van der Waals surface area contributed by atoms with Gasteiger partial charge in [0, 0.05) is 57.9 Å². The first-order chi connectivity index (χ1) is 44.9. The van der Waals surface area contributed by atoms with Gasteiger partial charge in [-0.25, -0.2) is 0 Å². The predicted molar refractivity (Wildman–Crippen MR) is 366 cm³/mol. The Kier molecular flexibility index (Phi) is 21.8. The molecule has 474 valence electrons. The van der Waals surface area contributed by atoms with Crippen molar-refractivity contribution in [3.05, 3.63) is 250 Å². The molecular weight excluding hydrogens is 1210 g/mol. The standard InChI is InChI=1S/C40H37NO7.C37H34ClNO5S/c1-26(41(38(42)22-34(40(45)46)23-39(43)44)24-28-14-16-30-9-3-5-11-32(30)20-28)35(33-17-18-36-37(21-33)48-25-47-36)12-6-7-27-13-15-29-8-2-4-10-31(29)19-27;1-24(33(27-15-17-31(38)18-16-27)11-6-7-25-13-14-26-8-2-3-9-28(26)19-25)39(35(40)21-30(37(43)44)22-36(41)42)23-32-20-29-10-4-5-12-34(29)45-32/h2-11,13-21,26,34-35H,12,22-25H2,1H3,(H,43,44)(H,45,46);2-10,12-20,24,30,33H,11,21-23H2,1H3,(H,41,42)(H,43,44)/b2*7-6+. The Morgan fingerprint density at radius 3 is 1.44 bits per heavy atom. The van der Waals surface area contributed by atoms with Gasteiger partial charge in [-0.1, -0.05) is 181 Å². The van der Waals surface area contributed by atoms with Gasteiger partial charge in [-0.3, -0.25) is 28.8 Å². The third kappa shape index (κ3) is 17.3. The van der Waals surface area contributed by atoms with Crippen molar-refractivity contribution >= 4 is 113 Å². The van der Waals surface area contributed by atoms with Crippen molar-refractivity contribution in [2.24, 2.45) is 11.8 Å². The van der Waals surface area contributed by atoms with Gasteiger partial charge in [0.15, 0.2) is 11.5 Å². The van der Waals surface area contributed by atoms with Crippen molar-refractivity contribution in [2.45, 2.75) is 89.4 Å². The second-order valence-electron chi connectivity index (χ2n) is 23.5. The smallest absolute Gasteiger partial charge is 0.307 e. The molecule has 2 amide bonds. The van der Waals surface area contributed by atoms with Gasteiger partial charge in [-0.15, -0.1) is 11.3 Å². The summed E-state index contributed by atoms with van der Waals surface area (Å²) in [5, 5.41) is 46.6. The maximum absolute atomic E-state index is 14.1. The molecule has 6 unspecified atom stereocenters. The van der Waals surface area contributed by atoms with Gasteiger partial charge < -0.3 is 39.7 Å². The molecule has 16 heteroatoms. The Morgan fingerprint density at radius 2 is 0.925 bits per heavy atom. The second kappa shape index (κ2) is 30.8. The summed E-state index contributed by atoms with van der Waals surface area (Å²) < 4.78 is 12.4. The van der Waals surface area contributed by atoms with Crippen LogP contribution in [0.2, 0.25) is 5.02 Å². The molecular formula is C77H71ClN2O12S. The van der Waals surface area contributed by atoms with Gasteiger partial charge in [0.2, 0.25) is 18.6 Å². The number of rotatable bonds is 26. The number of fused-ring (bicyclic) bond motifs is 5. The lowest BCUT2D eigenvalue weighted by atomic mass is 9.87. The van der Waals surface area contributed by atoms with Crippen LogP contribution in [-0.4, -0.2) is 84.8 Å². The summed E-state index contributed by atoms with van der Waals surface area (Å²) in [7, 11) is 0. The summed E-state index contributed by atoms with van der Waals surface area (Å²) in [6.07, 6.45) is 7.41. The van der Waals surface area contributed by atoms with Crippen LogP contribution in [0.25, 0.3) is 54.6 Å². The number of carboxylic acids is 4. The molecule has 1 aromatic heterocycles. The number of ether oxygens (including phenoxy) is 2. The van der Waals surface area contributed by atoms with E-state index >= 15 is 0 Å². The largest absolute Gasteiger partial charge is 0.481 e. The zero-order valence-corrected chi connectivity index (χ0v) is 53.0. The molecule has 10 aromatic rings. The molecule has 1 aliphatic rings. The van der Waals surface area contributed by atoms with Gasteiger partial charge >= 0.3 is 23.9 Å². The highest BCUT2D eigenvalue weighted by molar-refractivity contribution is 7.19. The second-order valence-corrected chi connectivity index (χ2v) is 25.1. The molecule has 11 rings (SSSR count). The molecule has 0 saturated heterocycles. The topological polar surface area (TPSA) is 208 Å². The van der Waals surface area contributed by atoms with Gasteiger partial charge in [-0.05, 0) is 147 Å². The zero-order chi connectivity index (χ0) is 65.5. The van der Waals surface area contributed by atoms with E-state index < -0.39 is 79.3 Å². The number of carbonyl (C=O) groups is 6. The number of hydrogen-bond acceptors (Lipinski definition) is 9. The van der Waals surface area contributed by atoms with Crippen LogP contribution in [0.15, 0.2) is 212 Å². The summed E-state index contributed by atoms with van der Waals surface area (Å²) in [6, 6.07) is 65.6. The number of hydrogen-bond donors (Lipinski definition) is 4. The van der Waals surface area contributed by atoms with E-state index in [0.29, 0.717) is 29.4 Å². The number of thiophene rings is 1. The fourth-order valence-electron chi connectivity index (χ4n) is 12.1. The summed E-state index contributed by atoms with van der Waals surface area (Å²) in [4.78, 5) is 79.3. The van der Waals surface area contributed by atoms with Gasteiger partial charge in [0.25, 0.3) is 0 Å². The van der Waals surface area contributed by atoms with Crippen molar-refractivity contribution < 1.29 is 58.7 Å². The highest BCUT2D eigenvalue weighted by atomic mass is 35.5. The lowest BCUT2D eigenvalue weighted by Crippen LogP contribution is -2.43. The van der Waals surface area contributed by atoms with Crippen LogP contribution >= 0.6 is 22.9 Å². The Bertz CT molecular complexity index is 4380. The maximum Gasteiger partial charge on any atom is 0.307 e. The molecule has 2 heterocycles. The van der Waals surface area contributed by atoms with E-state index in [1.165, 1.54) is 5.39 Å². The lowest BCUT2D eigenvalue weighted by Gasteiger charge is -2.36. The summed E-state index contributed by atoms with van der Waals surface area (Å²) in [6.45, 7) is 4.57. The summed E-state index contributed by atoms with van der Waals surface area (Å²) in [5.74, 6) is -7.71. The van der Waals surface area contributed by atoms with Crippen molar-refractivity contribution in [1.29, 1.82) is 0 Å². The molecule has 9 aromatic carbocycles. The Hall–Kier alpha value is -10.1. The number of carboxylic acid groups (broad SMARTS) is 4. The van der Waals surface area contributed by atoms with Crippen LogP contribution < -0.4 is 9.47 Å². The molecule has 0 spiro atoms. The predicted octanol–water partition coefficient (Wildman–Crippen LogP) is 16.8. The number of allylic oxidation sites excluding steroid dienone is 2. The number of halogens is 1.